The Labute approximate surface area is 209 Å². The monoisotopic (exact) mass is 552 g/mol. The van der Waals surface area contributed by atoms with E-state index in [1.807, 2.05) is 17.9 Å². The lowest BCUT2D eigenvalue weighted by Gasteiger charge is -2.31. The fourth-order valence-corrected chi connectivity index (χ4v) is 4.59. The van der Waals surface area contributed by atoms with Crippen molar-refractivity contribution >= 4 is 29.9 Å². The van der Waals surface area contributed by atoms with E-state index in [9.17, 15) is 0 Å². The van der Waals surface area contributed by atoms with Crippen molar-refractivity contribution in [2.45, 2.75) is 45.4 Å². The number of halogens is 1. The van der Waals surface area contributed by atoms with Gasteiger partial charge in [-0.2, -0.15) is 5.10 Å². The molecule has 8 heteroatoms. The number of nitrogens with zero attached hydrogens (tertiary/aromatic N) is 5. The molecule has 2 aromatic rings. The van der Waals surface area contributed by atoms with Crippen LogP contribution in [0.15, 0.2) is 41.7 Å². The van der Waals surface area contributed by atoms with E-state index in [1.54, 1.807) is 0 Å². The van der Waals surface area contributed by atoms with Crippen molar-refractivity contribution in [2.75, 3.05) is 39.3 Å². The summed E-state index contributed by atoms with van der Waals surface area (Å²) in [7, 11) is 1.98. The SMILES string of the molecule is CCNC(=NCc1cccc(CN2CCOC(C)C2)c1)N1CCC(c2cnn(C)c2)C1.I. The molecule has 4 rings (SSSR count). The Morgan fingerprint density at radius 3 is 2.84 bits per heavy atom. The van der Waals surface area contributed by atoms with E-state index in [1.165, 1.54) is 16.7 Å². The van der Waals surface area contributed by atoms with Gasteiger partial charge in [-0.3, -0.25) is 9.58 Å². The Morgan fingerprint density at radius 2 is 2.09 bits per heavy atom. The van der Waals surface area contributed by atoms with Crippen LogP contribution in [0.4, 0.5) is 0 Å². The molecule has 2 saturated heterocycles. The molecule has 0 radical (unpaired) electrons. The maximum Gasteiger partial charge on any atom is 0.194 e. The smallest absolute Gasteiger partial charge is 0.194 e. The van der Waals surface area contributed by atoms with Gasteiger partial charge < -0.3 is 15.0 Å². The molecule has 0 bridgehead atoms. The van der Waals surface area contributed by atoms with Crippen molar-refractivity contribution in [1.82, 2.24) is 24.9 Å². The Bertz CT molecular complexity index is 885. The molecular weight excluding hydrogens is 515 g/mol. The van der Waals surface area contributed by atoms with Crippen molar-refractivity contribution in [3.63, 3.8) is 0 Å². The van der Waals surface area contributed by atoms with Crippen LogP contribution in [0.2, 0.25) is 0 Å². The van der Waals surface area contributed by atoms with Crippen LogP contribution < -0.4 is 5.32 Å². The molecule has 0 aliphatic carbocycles. The Morgan fingerprint density at radius 1 is 1.25 bits per heavy atom. The maximum absolute atomic E-state index is 5.67. The lowest BCUT2D eigenvalue weighted by atomic mass is 10.0. The first-order valence-electron chi connectivity index (χ1n) is 11.5. The Balaban J connectivity index is 0.00000289. The average Bonchev–Trinajstić information content (AvgIpc) is 3.41. The fraction of sp³-hybridized carbons (Fsp3) is 0.583. The van der Waals surface area contributed by atoms with Gasteiger partial charge in [-0.1, -0.05) is 24.3 Å². The molecule has 2 atom stereocenters. The summed E-state index contributed by atoms with van der Waals surface area (Å²) in [6.45, 7) is 11.7. The van der Waals surface area contributed by atoms with Gasteiger partial charge in [0, 0.05) is 58.4 Å². The van der Waals surface area contributed by atoms with Gasteiger partial charge in [-0.25, -0.2) is 4.99 Å². The Kier molecular flexibility index (Phi) is 9.36. The summed E-state index contributed by atoms with van der Waals surface area (Å²) in [5.74, 6) is 1.54. The molecule has 176 valence electrons. The van der Waals surface area contributed by atoms with Crippen LogP contribution in [0.5, 0.6) is 0 Å². The van der Waals surface area contributed by atoms with Crippen LogP contribution in [0.3, 0.4) is 0 Å². The summed E-state index contributed by atoms with van der Waals surface area (Å²) in [5.41, 5.74) is 3.94. The highest BCUT2D eigenvalue weighted by Crippen LogP contribution is 2.26. The molecule has 7 nitrogen and oxygen atoms in total. The molecule has 32 heavy (non-hydrogen) atoms. The number of ether oxygens (including phenoxy) is 1. The predicted molar refractivity (Wildman–Crippen MR) is 140 cm³/mol. The van der Waals surface area contributed by atoms with Gasteiger partial charge in [0.2, 0.25) is 0 Å². The highest BCUT2D eigenvalue weighted by Gasteiger charge is 2.27. The number of likely N-dealkylation sites (tertiary alicyclic amines) is 1. The molecule has 1 aromatic heterocycles. The Hall–Kier alpha value is -1.65. The lowest BCUT2D eigenvalue weighted by Crippen LogP contribution is -2.40. The highest BCUT2D eigenvalue weighted by molar-refractivity contribution is 14.0. The third-order valence-electron chi connectivity index (χ3n) is 6.15. The standard InChI is InChI=1S/C24H36N6O.HI/c1-4-25-24(30-9-8-22(18-30)23-14-27-28(3)17-23)26-13-20-6-5-7-21(12-20)16-29-10-11-31-19(2)15-29;/h5-7,12,14,17,19,22H,4,8-11,13,15-16,18H2,1-3H3,(H,25,26);1H. The molecule has 2 aliphatic rings. The van der Waals surface area contributed by atoms with Crippen molar-refractivity contribution in [3.8, 4) is 0 Å². The summed E-state index contributed by atoms with van der Waals surface area (Å²) in [4.78, 5) is 9.84. The van der Waals surface area contributed by atoms with Crippen molar-refractivity contribution in [3.05, 3.63) is 53.3 Å². The number of aryl methyl sites for hydroxylation is 1. The summed E-state index contributed by atoms with van der Waals surface area (Å²) in [6, 6.07) is 8.86. The topological polar surface area (TPSA) is 57.9 Å². The predicted octanol–water partition coefficient (Wildman–Crippen LogP) is 3.21. The number of guanidine groups is 1. The molecule has 3 heterocycles. The van der Waals surface area contributed by atoms with E-state index in [0.29, 0.717) is 18.6 Å². The minimum Gasteiger partial charge on any atom is -0.376 e. The number of benzene rings is 1. The first-order valence-corrected chi connectivity index (χ1v) is 11.5. The third kappa shape index (κ3) is 6.68. The molecule has 1 N–H and O–H groups in total. The van der Waals surface area contributed by atoms with Gasteiger partial charge in [-0.15, -0.1) is 24.0 Å². The minimum atomic E-state index is 0. The van der Waals surface area contributed by atoms with Crippen LogP contribution in [0.1, 0.15) is 42.9 Å². The van der Waals surface area contributed by atoms with Crippen LogP contribution in [-0.4, -0.2) is 71.0 Å². The minimum absolute atomic E-state index is 0. The van der Waals surface area contributed by atoms with Crippen molar-refractivity contribution in [1.29, 1.82) is 0 Å². The number of aromatic nitrogens is 2. The van der Waals surface area contributed by atoms with E-state index >= 15 is 0 Å². The summed E-state index contributed by atoms with van der Waals surface area (Å²) >= 11 is 0. The zero-order valence-corrected chi connectivity index (χ0v) is 21.9. The van der Waals surface area contributed by atoms with Crippen molar-refractivity contribution in [2.24, 2.45) is 12.0 Å². The molecule has 1 aromatic carbocycles. The van der Waals surface area contributed by atoms with Crippen LogP contribution in [0, 0.1) is 0 Å². The number of rotatable bonds is 6. The zero-order valence-electron chi connectivity index (χ0n) is 19.5. The highest BCUT2D eigenvalue weighted by atomic mass is 127. The molecule has 0 amide bonds. The number of hydrogen-bond acceptors (Lipinski definition) is 4. The molecular formula is C24H37IN6O. The van der Waals surface area contributed by atoms with E-state index in [-0.39, 0.29) is 24.0 Å². The molecule has 0 spiro atoms. The third-order valence-corrected chi connectivity index (χ3v) is 6.15. The second-order valence-electron chi connectivity index (χ2n) is 8.79. The van der Waals surface area contributed by atoms with E-state index in [4.69, 9.17) is 9.73 Å². The summed E-state index contributed by atoms with van der Waals surface area (Å²) in [6.07, 6.45) is 5.60. The van der Waals surface area contributed by atoms with Crippen molar-refractivity contribution < 1.29 is 4.74 Å². The van der Waals surface area contributed by atoms with Crippen LogP contribution >= 0.6 is 24.0 Å². The van der Waals surface area contributed by atoms with Crippen LogP contribution in [0.25, 0.3) is 0 Å². The van der Waals surface area contributed by atoms with Crippen LogP contribution in [-0.2, 0) is 24.9 Å². The number of nitrogens with one attached hydrogen (secondary N) is 1. The molecule has 2 fully saturated rings. The summed E-state index contributed by atoms with van der Waals surface area (Å²) in [5, 5.41) is 7.83. The lowest BCUT2D eigenvalue weighted by molar-refractivity contribution is -0.0212. The first kappa shape index (κ1) is 25.0. The second-order valence-corrected chi connectivity index (χ2v) is 8.79. The number of morpholine rings is 1. The quantitative estimate of drug-likeness (QED) is 0.339. The molecule has 0 saturated carbocycles. The van der Waals surface area contributed by atoms with E-state index in [0.717, 1.165) is 58.3 Å². The molecule has 2 aliphatic heterocycles. The summed E-state index contributed by atoms with van der Waals surface area (Å²) < 4.78 is 7.56. The van der Waals surface area contributed by atoms with Gasteiger partial charge in [-0.05, 0) is 37.0 Å². The average molecular weight is 553 g/mol. The first-order chi connectivity index (χ1) is 15.1. The van der Waals surface area contributed by atoms with Gasteiger partial charge in [0.15, 0.2) is 5.96 Å². The zero-order chi connectivity index (χ0) is 21.6. The molecule has 2 unspecified atom stereocenters. The van der Waals surface area contributed by atoms with Gasteiger partial charge >= 0.3 is 0 Å². The van der Waals surface area contributed by atoms with Gasteiger partial charge in [0.1, 0.15) is 0 Å². The second kappa shape index (κ2) is 12.0. The largest absolute Gasteiger partial charge is 0.376 e. The van der Waals surface area contributed by atoms with Gasteiger partial charge in [0.05, 0.1) is 25.5 Å². The van der Waals surface area contributed by atoms with E-state index in [2.05, 4.69) is 64.5 Å². The fourth-order valence-electron chi connectivity index (χ4n) is 4.59. The van der Waals surface area contributed by atoms with E-state index < -0.39 is 0 Å². The normalized spacial score (nSPS) is 22.1. The number of aliphatic imine (C=N–C) groups is 1. The van der Waals surface area contributed by atoms with Gasteiger partial charge in [0.25, 0.3) is 0 Å². The maximum atomic E-state index is 5.67. The number of hydrogen-bond donors (Lipinski definition) is 1.